The standard InChI is InChI=1S/C12H17IN6O2/c1-5-9(20)21-12(7(2)3)19-16-11(15-17-19)10-8(13)6-14-18(10)4/h6-7,12H,5H2,1-4H3. The van der Waals surface area contributed by atoms with E-state index in [1.165, 1.54) is 4.80 Å². The van der Waals surface area contributed by atoms with Crippen LogP contribution in [0, 0.1) is 9.49 Å². The lowest BCUT2D eigenvalue weighted by molar-refractivity contribution is -0.159. The van der Waals surface area contributed by atoms with Gasteiger partial charge in [0.2, 0.25) is 12.1 Å². The van der Waals surface area contributed by atoms with Crippen LogP contribution in [-0.2, 0) is 16.6 Å². The van der Waals surface area contributed by atoms with E-state index in [1.54, 1.807) is 17.8 Å². The molecule has 9 heteroatoms. The Kier molecular flexibility index (Phi) is 4.91. The van der Waals surface area contributed by atoms with Crippen LogP contribution in [0.15, 0.2) is 6.20 Å². The largest absolute Gasteiger partial charge is 0.438 e. The molecular formula is C12H17IN6O2. The molecule has 0 saturated carbocycles. The number of aryl methyl sites for hydroxylation is 1. The molecule has 0 amide bonds. The van der Waals surface area contributed by atoms with Crippen LogP contribution < -0.4 is 0 Å². The molecule has 0 saturated heterocycles. The number of tetrazole rings is 1. The predicted molar refractivity (Wildman–Crippen MR) is 83.0 cm³/mol. The number of carbonyl (C=O) groups is 1. The Balaban J connectivity index is 2.31. The zero-order valence-corrected chi connectivity index (χ0v) is 14.5. The van der Waals surface area contributed by atoms with Gasteiger partial charge >= 0.3 is 5.97 Å². The molecule has 21 heavy (non-hydrogen) atoms. The predicted octanol–water partition coefficient (Wildman–Crippen LogP) is 1.79. The summed E-state index contributed by atoms with van der Waals surface area (Å²) in [6.45, 7) is 5.62. The number of halogens is 1. The van der Waals surface area contributed by atoms with Gasteiger partial charge in [-0.3, -0.25) is 9.48 Å². The highest BCUT2D eigenvalue weighted by Crippen LogP contribution is 2.23. The smallest absolute Gasteiger partial charge is 0.307 e. The zero-order chi connectivity index (χ0) is 15.6. The van der Waals surface area contributed by atoms with Crippen molar-refractivity contribution in [1.29, 1.82) is 0 Å². The van der Waals surface area contributed by atoms with Crippen LogP contribution in [-0.4, -0.2) is 36.0 Å². The van der Waals surface area contributed by atoms with Crippen molar-refractivity contribution in [2.24, 2.45) is 13.0 Å². The maximum atomic E-state index is 11.5. The fraction of sp³-hybridized carbons (Fsp3) is 0.583. The molecule has 1 atom stereocenters. The van der Waals surface area contributed by atoms with Crippen molar-refractivity contribution < 1.29 is 9.53 Å². The quantitative estimate of drug-likeness (QED) is 0.558. The van der Waals surface area contributed by atoms with Gasteiger partial charge in [0.1, 0.15) is 5.69 Å². The van der Waals surface area contributed by atoms with Crippen molar-refractivity contribution in [2.45, 2.75) is 33.4 Å². The number of esters is 1. The Morgan fingerprint density at radius 3 is 2.71 bits per heavy atom. The minimum Gasteiger partial charge on any atom is -0.438 e. The van der Waals surface area contributed by atoms with Crippen LogP contribution in [0.5, 0.6) is 0 Å². The number of rotatable bonds is 5. The molecule has 0 N–H and O–H groups in total. The third-order valence-corrected chi connectivity index (χ3v) is 3.66. The second kappa shape index (κ2) is 6.50. The molecule has 1 unspecified atom stereocenters. The number of hydrogen-bond donors (Lipinski definition) is 0. The lowest BCUT2D eigenvalue weighted by Gasteiger charge is -2.19. The molecule has 0 aromatic carbocycles. The average Bonchev–Trinajstić information content (AvgIpc) is 3.02. The number of nitrogens with zero attached hydrogens (tertiary/aromatic N) is 6. The van der Waals surface area contributed by atoms with Crippen molar-refractivity contribution >= 4 is 28.6 Å². The molecule has 8 nitrogen and oxygen atoms in total. The minimum absolute atomic E-state index is 0.0353. The van der Waals surface area contributed by atoms with E-state index in [-0.39, 0.29) is 11.9 Å². The van der Waals surface area contributed by atoms with Gasteiger partial charge in [-0.25, -0.2) is 0 Å². The topological polar surface area (TPSA) is 87.7 Å². The van der Waals surface area contributed by atoms with E-state index in [1.807, 2.05) is 20.9 Å². The summed E-state index contributed by atoms with van der Waals surface area (Å²) < 4.78 is 7.99. The molecule has 114 valence electrons. The highest BCUT2D eigenvalue weighted by atomic mass is 127. The van der Waals surface area contributed by atoms with Gasteiger partial charge in [0.05, 0.1) is 9.77 Å². The van der Waals surface area contributed by atoms with Gasteiger partial charge in [-0.15, -0.1) is 15.0 Å². The van der Waals surface area contributed by atoms with Gasteiger partial charge < -0.3 is 4.74 Å². The number of carbonyl (C=O) groups excluding carboxylic acids is 1. The molecule has 0 aliphatic heterocycles. The van der Waals surface area contributed by atoms with Crippen molar-refractivity contribution in [1.82, 2.24) is 30.0 Å². The first-order chi connectivity index (χ1) is 9.93. The van der Waals surface area contributed by atoms with E-state index in [4.69, 9.17) is 4.74 Å². The maximum Gasteiger partial charge on any atom is 0.307 e. The maximum absolute atomic E-state index is 11.5. The second-order valence-electron chi connectivity index (χ2n) is 4.88. The minimum atomic E-state index is -0.565. The first kappa shape index (κ1) is 15.9. The summed E-state index contributed by atoms with van der Waals surface area (Å²) in [4.78, 5) is 12.9. The summed E-state index contributed by atoms with van der Waals surface area (Å²) in [6, 6.07) is 0. The van der Waals surface area contributed by atoms with Gasteiger partial charge in [0.25, 0.3) is 0 Å². The molecule has 0 radical (unpaired) electrons. The van der Waals surface area contributed by atoms with Crippen molar-refractivity contribution in [3.05, 3.63) is 9.77 Å². The summed E-state index contributed by atoms with van der Waals surface area (Å²) in [6.07, 6.45) is 1.47. The Morgan fingerprint density at radius 2 is 2.19 bits per heavy atom. The third kappa shape index (κ3) is 3.39. The van der Waals surface area contributed by atoms with Crippen molar-refractivity contribution in [2.75, 3.05) is 0 Å². The molecule has 2 heterocycles. The van der Waals surface area contributed by atoms with E-state index in [2.05, 4.69) is 43.1 Å². The second-order valence-corrected chi connectivity index (χ2v) is 6.04. The van der Waals surface area contributed by atoms with Crippen LogP contribution in [0.1, 0.15) is 33.4 Å². The van der Waals surface area contributed by atoms with Crippen LogP contribution in [0.25, 0.3) is 11.5 Å². The van der Waals surface area contributed by atoms with Crippen LogP contribution >= 0.6 is 22.6 Å². The Morgan fingerprint density at radius 1 is 1.48 bits per heavy atom. The average molecular weight is 404 g/mol. The summed E-state index contributed by atoms with van der Waals surface area (Å²) in [5.74, 6) is 0.202. The van der Waals surface area contributed by atoms with Crippen LogP contribution in [0.4, 0.5) is 0 Å². The van der Waals surface area contributed by atoms with Gasteiger partial charge in [-0.05, 0) is 27.8 Å². The summed E-state index contributed by atoms with van der Waals surface area (Å²) >= 11 is 2.16. The van der Waals surface area contributed by atoms with E-state index < -0.39 is 6.23 Å². The molecule has 2 aromatic heterocycles. The molecule has 2 rings (SSSR count). The third-order valence-electron chi connectivity index (χ3n) is 2.87. The summed E-state index contributed by atoms with van der Waals surface area (Å²) in [5.41, 5.74) is 0.783. The van der Waals surface area contributed by atoms with E-state index >= 15 is 0 Å². The Bertz CT molecular complexity index is 616. The Labute approximate surface area is 136 Å². The highest BCUT2D eigenvalue weighted by Gasteiger charge is 2.24. The fourth-order valence-corrected chi connectivity index (χ4v) is 2.47. The molecule has 2 aromatic rings. The number of aromatic nitrogens is 6. The molecule has 0 bridgehead atoms. The van der Waals surface area contributed by atoms with Gasteiger partial charge in [-0.2, -0.15) is 5.10 Å². The van der Waals surface area contributed by atoms with Gasteiger partial charge in [0.15, 0.2) is 0 Å². The lowest BCUT2D eigenvalue weighted by Crippen LogP contribution is -2.24. The summed E-state index contributed by atoms with van der Waals surface area (Å²) in [7, 11) is 1.81. The van der Waals surface area contributed by atoms with Crippen molar-refractivity contribution in [3.8, 4) is 11.5 Å². The van der Waals surface area contributed by atoms with E-state index in [0.717, 1.165) is 9.26 Å². The molecule has 0 spiro atoms. The molecule has 0 aliphatic carbocycles. The fourth-order valence-electron chi connectivity index (χ4n) is 1.76. The number of hydrogen-bond acceptors (Lipinski definition) is 6. The van der Waals surface area contributed by atoms with Crippen LogP contribution in [0.2, 0.25) is 0 Å². The SMILES string of the molecule is CCC(=O)OC(C(C)C)n1nnc(-c2c(I)cnn2C)n1. The van der Waals surface area contributed by atoms with Gasteiger partial charge in [0, 0.05) is 19.4 Å². The first-order valence-corrected chi connectivity index (χ1v) is 7.68. The zero-order valence-electron chi connectivity index (χ0n) is 12.3. The normalized spacial score (nSPS) is 12.7. The number of ether oxygens (including phenoxy) is 1. The monoisotopic (exact) mass is 404 g/mol. The van der Waals surface area contributed by atoms with Gasteiger partial charge in [-0.1, -0.05) is 20.8 Å². The molecule has 0 aliphatic rings. The first-order valence-electron chi connectivity index (χ1n) is 6.60. The van der Waals surface area contributed by atoms with E-state index in [0.29, 0.717) is 12.2 Å². The Hall–Kier alpha value is -1.52. The van der Waals surface area contributed by atoms with Crippen LogP contribution in [0.3, 0.4) is 0 Å². The highest BCUT2D eigenvalue weighted by molar-refractivity contribution is 14.1. The molecule has 0 fully saturated rings. The lowest BCUT2D eigenvalue weighted by atomic mass is 10.2. The van der Waals surface area contributed by atoms with Crippen molar-refractivity contribution in [3.63, 3.8) is 0 Å². The summed E-state index contributed by atoms with van der Waals surface area (Å²) in [5, 5.41) is 16.5. The molecular weight excluding hydrogens is 387 g/mol. The van der Waals surface area contributed by atoms with E-state index in [9.17, 15) is 4.79 Å².